The van der Waals surface area contributed by atoms with Crippen molar-refractivity contribution >= 4 is 22.8 Å². The van der Waals surface area contributed by atoms with E-state index in [1.807, 2.05) is 78.5 Å². The van der Waals surface area contributed by atoms with Crippen LogP contribution in [-0.4, -0.2) is 5.78 Å². The van der Waals surface area contributed by atoms with Crippen molar-refractivity contribution in [2.24, 2.45) is 0 Å². The Bertz CT molecular complexity index is 782. The van der Waals surface area contributed by atoms with Crippen molar-refractivity contribution in [1.82, 2.24) is 0 Å². The topological polar surface area (TPSA) is 20.9 Å². The predicted octanol–water partition coefficient (Wildman–Crippen LogP) is 4.41. The number of benzene rings is 2. The first-order chi connectivity index (χ1) is 10.7. The summed E-state index contributed by atoms with van der Waals surface area (Å²) >= 11 is 0. The molecule has 0 aliphatic carbocycles. The van der Waals surface area contributed by atoms with Gasteiger partial charge in [-0.2, -0.15) is 4.57 Å². The maximum absolute atomic E-state index is 12.4. The lowest BCUT2D eigenvalue weighted by Gasteiger charge is -2.03. The number of halogens is 1. The minimum Gasteiger partial charge on any atom is -0.287 e. The van der Waals surface area contributed by atoms with Gasteiger partial charge in [0.15, 0.2) is 12.4 Å². The van der Waals surface area contributed by atoms with E-state index in [9.17, 15) is 4.79 Å². The van der Waals surface area contributed by atoms with Gasteiger partial charge in [-0.25, -0.2) is 0 Å². The van der Waals surface area contributed by atoms with Crippen LogP contribution in [0.15, 0.2) is 79.1 Å². The van der Waals surface area contributed by atoms with E-state index in [-0.39, 0.29) is 22.8 Å². The summed E-state index contributed by atoms with van der Waals surface area (Å²) < 4.78 is 1.92. The molecule has 1 aromatic heterocycles. The van der Waals surface area contributed by atoms with E-state index in [0.29, 0.717) is 6.54 Å². The fourth-order valence-corrected chi connectivity index (χ4v) is 2.49. The van der Waals surface area contributed by atoms with Crippen LogP contribution >= 0.6 is 17.0 Å². The lowest BCUT2D eigenvalue weighted by atomic mass is 10.0. The summed E-state index contributed by atoms with van der Waals surface area (Å²) in [6.07, 6.45) is 3.90. The first-order valence-electron chi connectivity index (χ1n) is 7.37. The average Bonchev–Trinajstić information content (AvgIpc) is 2.56. The molecule has 2 nitrogen and oxygen atoms in total. The molecule has 0 saturated carbocycles. The van der Waals surface area contributed by atoms with E-state index in [1.54, 1.807) is 0 Å². The standard InChI is InChI=1S/C20H18NO.BrH/c1-16-6-5-13-21(14-16)15-20(22)19-11-9-18(10-12-19)17-7-3-2-4-8-17;/h2-14H,15H2,1H3;1H/q+1;. The molecule has 3 heteroatoms. The number of hydrogen-bond donors (Lipinski definition) is 0. The summed E-state index contributed by atoms with van der Waals surface area (Å²) in [6, 6.07) is 22.0. The largest absolute Gasteiger partial charge is 0.287 e. The van der Waals surface area contributed by atoms with Crippen molar-refractivity contribution < 1.29 is 9.36 Å². The molecule has 0 bridgehead atoms. The Kier molecular flexibility index (Phi) is 5.83. The van der Waals surface area contributed by atoms with E-state index in [0.717, 1.165) is 22.3 Å². The second kappa shape index (κ2) is 7.84. The van der Waals surface area contributed by atoms with Crippen LogP contribution in [0.2, 0.25) is 0 Å². The Balaban J connectivity index is 0.00000192. The molecule has 0 spiro atoms. The van der Waals surface area contributed by atoms with Crippen LogP contribution < -0.4 is 4.57 Å². The number of rotatable bonds is 4. The van der Waals surface area contributed by atoms with Crippen molar-refractivity contribution in [2.45, 2.75) is 13.5 Å². The van der Waals surface area contributed by atoms with Crippen molar-refractivity contribution in [3.63, 3.8) is 0 Å². The first kappa shape index (κ1) is 17.1. The molecule has 3 aromatic rings. The summed E-state index contributed by atoms with van der Waals surface area (Å²) in [4.78, 5) is 12.4. The van der Waals surface area contributed by atoms with Gasteiger partial charge < -0.3 is 0 Å². The van der Waals surface area contributed by atoms with Crippen LogP contribution in [0.1, 0.15) is 15.9 Å². The van der Waals surface area contributed by atoms with Gasteiger partial charge in [-0.1, -0.05) is 54.6 Å². The SMILES string of the molecule is Br.Cc1ccc[n+](CC(=O)c2ccc(-c3ccccc3)cc2)c1. The number of carbonyl (C=O) groups excluding carboxylic acids is 1. The van der Waals surface area contributed by atoms with Crippen LogP contribution in [-0.2, 0) is 6.54 Å². The van der Waals surface area contributed by atoms with Gasteiger partial charge in [0.2, 0.25) is 12.3 Å². The van der Waals surface area contributed by atoms with Gasteiger partial charge in [-0.3, -0.25) is 4.79 Å². The van der Waals surface area contributed by atoms with E-state index in [1.165, 1.54) is 0 Å². The number of aromatic nitrogens is 1. The Morgan fingerprint density at radius 2 is 1.52 bits per heavy atom. The van der Waals surface area contributed by atoms with Gasteiger partial charge in [0.1, 0.15) is 0 Å². The fraction of sp³-hybridized carbons (Fsp3) is 0.100. The van der Waals surface area contributed by atoms with Gasteiger partial charge >= 0.3 is 0 Å². The molecule has 3 rings (SSSR count). The van der Waals surface area contributed by atoms with Crippen LogP contribution in [0.4, 0.5) is 0 Å². The number of ketones is 1. The molecule has 0 atom stereocenters. The first-order valence-corrected chi connectivity index (χ1v) is 7.37. The number of Topliss-reactive ketones (excluding diaryl/α,β-unsaturated/α-hetero) is 1. The summed E-state index contributed by atoms with van der Waals surface area (Å²) in [5.74, 6) is 0.121. The number of pyridine rings is 1. The third-order valence-electron chi connectivity index (χ3n) is 3.65. The second-order valence-electron chi connectivity index (χ2n) is 5.42. The molecule has 0 N–H and O–H groups in total. The summed E-state index contributed by atoms with van der Waals surface area (Å²) in [5.41, 5.74) is 4.18. The van der Waals surface area contributed by atoms with Crippen LogP contribution in [0.5, 0.6) is 0 Å². The van der Waals surface area contributed by atoms with E-state index in [4.69, 9.17) is 0 Å². The van der Waals surface area contributed by atoms with Crippen LogP contribution in [0.25, 0.3) is 11.1 Å². The smallest absolute Gasteiger partial charge is 0.227 e. The average molecular weight is 369 g/mol. The Morgan fingerprint density at radius 1 is 0.870 bits per heavy atom. The quantitative estimate of drug-likeness (QED) is 0.493. The Morgan fingerprint density at radius 3 is 2.17 bits per heavy atom. The van der Waals surface area contributed by atoms with Crippen molar-refractivity contribution in [1.29, 1.82) is 0 Å². The zero-order valence-corrected chi connectivity index (χ0v) is 14.7. The molecular formula is C20H19BrNO+. The molecule has 0 aliphatic rings. The lowest BCUT2D eigenvalue weighted by Crippen LogP contribution is -2.37. The Labute approximate surface area is 147 Å². The minimum atomic E-state index is 0. The monoisotopic (exact) mass is 368 g/mol. The molecule has 0 saturated heterocycles. The molecule has 23 heavy (non-hydrogen) atoms. The molecule has 0 aliphatic heterocycles. The summed E-state index contributed by atoms with van der Waals surface area (Å²) in [6.45, 7) is 2.39. The number of aryl methyl sites for hydroxylation is 1. The maximum atomic E-state index is 12.4. The van der Waals surface area contributed by atoms with Crippen LogP contribution in [0, 0.1) is 6.92 Å². The minimum absolute atomic E-state index is 0. The van der Waals surface area contributed by atoms with E-state index in [2.05, 4.69) is 12.1 Å². The van der Waals surface area contributed by atoms with Gasteiger partial charge in [-0.05, 0) is 24.1 Å². The molecule has 0 fully saturated rings. The highest BCUT2D eigenvalue weighted by atomic mass is 79.9. The third-order valence-corrected chi connectivity index (χ3v) is 3.65. The lowest BCUT2D eigenvalue weighted by molar-refractivity contribution is -0.683. The molecule has 1 heterocycles. The van der Waals surface area contributed by atoms with Gasteiger partial charge in [0, 0.05) is 17.2 Å². The zero-order chi connectivity index (χ0) is 15.4. The predicted molar refractivity (Wildman–Crippen MR) is 97.9 cm³/mol. The second-order valence-corrected chi connectivity index (χ2v) is 5.42. The van der Waals surface area contributed by atoms with Gasteiger partial charge in [0.25, 0.3) is 0 Å². The normalized spacial score (nSPS) is 9.96. The number of hydrogen-bond acceptors (Lipinski definition) is 1. The van der Waals surface area contributed by atoms with E-state index >= 15 is 0 Å². The molecule has 0 amide bonds. The maximum Gasteiger partial charge on any atom is 0.227 e. The molecule has 0 unspecified atom stereocenters. The molecule has 2 aromatic carbocycles. The van der Waals surface area contributed by atoms with Crippen molar-refractivity contribution in [2.75, 3.05) is 0 Å². The Hall–Kier alpha value is -2.26. The zero-order valence-electron chi connectivity index (χ0n) is 13.0. The highest BCUT2D eigenvalue weighted by Crippen LogP contribution is 2.19. The van der Waals surface area contributed by atoms with Crippen molar-refractivity contribution in [3.05, 3.63) is 90.3 Å². The highest BCUT2D eigenvalue weighted by molar-refractivity contribution is 8.93. The number of nitrogens with zero attached hydrogens (tertiary/aromatic N) is 1. The van der Waals surface area contributed by atoms with E-state index < -0.39 is 0 Å². The third kappa shape index (κ3) is 4.36. The van der Waals surface area contributed by atoms with Crippen molar-refractivity contribution in [3.8, 4) is 11.1 Å². The summed E-state index contributed by atoms with van der Waals surface area (Å²) in [7, 11) is 0. The molecule has 116 valence electrons. The highest BCUT2D eigenvalue weighted by Gasteiger charge is 2.12. The summed E-state index contributed by atoms with van der Waals surface area (Å²) in [5, 5.41) is 0. The molecule has 0 radical (unpaired) electrons. The molecular weight excluding hydrogens is 350 g/mol. The fourth-order valence-electron chi connectivity index (χ4n) is 2.49. The van der Waals surface area contributed by atoms with Gasteiger partial charge in [0.05, 0.1) is 0 Å². The van der Waals surface area contributed by atoms with Gasteiger partial charge in [-0.15, -0.1) is 17.0 Å². The number of carbonyl (C=O) groups is 1. The van der Waals surface area contributed by atoms with Crippen LogP contribution in [0.3, 0.4) is 0 Å².